The zero-order chi connectivity index (χ0) is 19.1. The number of rotatable bonds is 7. The second-order valence-electron chi connectivity index (χ2n) is 6.29. The standard InChI is InChI=1S/C22H25N3O2.ClH/c1-3-25(4-2)22(26)27-21(16-24-15-14-23-17-24)20-12-10-19(11-13-20)18-8-6-5-7-9-18;/h5-15,17,21H,3-4,16H2,1-2H3;1H. The molecule has 3 rings (SSSR count). The Morgan fingerprint density at radius 1 is 1.04 bits per heavy atom. The number of hydrogen-bond acceptors (Lipinski definition) is 3. The first kappa shape index (κ1) is 21.5. The summed E-state index contributed by atoms with van der Waals surface area (Å²) in [6.07, 6.45) is 4.66. The molecule has 0 spiro atoms. The molecule has 6 heteroatoms. The summed E-state index contributed by atoms with van der Waals surface area (Å²) >= 11 is 0. The summed E-state index contributed by atoms with van der Waals surface area (Å²) in [5, 5.41) is 0. The van der Waals surface area contributed by atoms with E-state index >= 15 is 0 Å². The van der Waals surface area contributed by atoms with Gasteiger partial charge in [-0.1, -0.05) is 54.6 Å². The summed E-state index contributed by atoms with van der Waals surface area (Å²) in [4.78, 5) is 18.2. The van der Waals surface area contributed by atoms with Gasteiger partial charge in [-0.15, -0.1) is 12.4 Å². The summed E-state index contributed by atoms with van der Waals surface area (Å²) in [5.41, 5.74) is 3.26. The van der Waals surface area contributed by atoms with Gasteiger partial charge in [0.15, 0.2) is 0 Å². The van der Waals surface area contributed by atoms with E-state index in [1.165, 1.54) is 0 Å². The van der Waals surface area contributed by atoms with Crippen molar-refractivity contribution in [2.75, 3.05) is 13.1 Å². The molecule has 0 bridgehead atoms. The number of carbonyl (C=O) groups excluding carboxylic acids is 1. The Bertz CT molecular complexity index is 832. The number of aromatic nitrogens is 2. The van der Waals surface area contributed by atoms with Crippen LogP contribution in [0.3, 0.4) is 0 Å². The van der Waals surface area contributed by atoms with Gasteiger partial charge >= 0.3 is 6.09 Å². The Balaban J connectivity index is 0.00000280. The normalized spacial score (nSPS) is 11.4. The zero-order valence-corrected chi connectivity index (χ0v) is 17.0. The summed E-state index contributed by atoms with van der Waals surface area (Å²) in [5.74, 6) is 0. The number of benzene rings is 2. The van der Waals surface area contributed by atoms with Crippen molar-refractivity contribution in [1.29, 1.82) is 0 Å². The lowest BCUT2D eigenvalue weighted by Gasteiger charge is -2.24. The summed E-state index contributed by atoms with van der Waals surface area (Å²) in [6.45, 7) is 5.67. The number of hydrogen-bond donors (Lipinski definition) is 0. The van der Waals surface area contributed by atoms with E-state index in [0.717, 1.165) is 16.7 Å². The fourth-order valence-electron chi connectivity index (χ4n) is 3.00. The van der Waals surface area contributed by atoms with Crippen LogP contribution in [-0.4, -0.2) is 33.6 Å². The van der Waals surface area contributed by atoms with Crippen LogP contribution in [0.4, 0.5) is 4.79 Å². The largest absolute Gasteiger partial charge is 0.439 e. The smallest absolute Gasteiger partial charge is 0.410 e. The molecule has 1 unspecified atom stereocenters. The van der Waals surface area contributed by atoms with Crippen LogP contribution in [0.15, 0.2) is 73.3 Å². The Hall–Kier alpha value is -2.79. The topological polar surface area (TPSA) is 47.4 Å². The van der Waals surface area contributed by atoms with E-state index in [2.05, 4.69) is 29.2 Å². The Morgan fingerprint density at radius 2 is 1.68 bits per heavy atom. The first-order valence-electron chi connectivity index (χ1n) is 9.28. The van der Waals surface area contributed by atoms with Gasteiger partial charge in [-0.05, 0) is 30.5 Å². The zero-order valence-electron chi connectivity index (χ0n) is 16.2. The molecule has 0 radical (unpaired) electrons. The van der Waals surface area contributed by atoms with Crippen molar-refractivity contribution in [2.45, 2.75) is 26.5 Å². The van der Waals surface area contributed by atoms with Crippen LogP contribution >= 0.6 is 12.4 Å². The minimum Gasteiger partial charge on any atom is -0.439 e. The predicted octanol–water partition coefficient (Wildman–Crippen LogP) is 5.19. The molecule has 1 aromatic heterocycles. The van der Waals surface area contributed by atoms with Gasteiger partial charge in [-0.25, -0.2) is 9.78 Å². The van der Waals surface area contributed by atoms with Gasteiger partial charge in [-0.2, -0.15) is 0 Å². The number of nitrogens with zero attached hydrogens (tertiary/aromatic N) is 3. The molecule has 2 aromatic carbocycles. The molecular formula is C22H26ClN3O2. The van der Waals surface area contributed by atoms with Crippen molar-refractivity contribution in [2.24, 2.45) is 0 Å². The predicted molar refractivity (Wildman–Crippen MR) is 113 cm³/mol. The van der Waals surface area contributed by atoms with Gasteiger partial charge < -0.3 is 14.2 Å². The van der Waals surface area contributed by atoms with Crippen molar-refractivity contribution in [3.8, 4) is 11.1 Å². The maximum Gasteiger partial charge on any atom is 0.410 e. The van der Waals surface area contributed by atoms with E-state index < -0.39 is 0 Å². The van der Waals surface area contributed by atoms with Crippen LogP contribution in [-0.2, 0) is 11.3 Å². The molecule has 3 aromatic rings. The fraction of sp³-hybridized carbons (Fsp3) is 0.273. The van der Waals surface area contributed by atoms with E-state index in [1.54, 1.807) is 17.4 Å². The number of imidazole rings is 1. The third kappa shape index (κ3) is 5.36. The van der Waals surface area contributed by atoms with Crippen molar-refractivity contribution in [3.05, 3.63) is 78.9 Å². The molecular weight excluding hydrogens is 374 g/mol. The molecule has 1 heterocycles. The van der Waals surface area contributed by atoms with Crippen molar-refractivity contribution in [1.82, 2.24) is 14.5 Å². The molecule has 0 aliphatic rings. The van der Waals surface area contributed by atoms with E-state index in [-0.39, 0.29) is 24.6 Å². The number of carbonyl (C=O) groups is 1. The van der Waals surface area contributed by atoms with Crippen LogP contribution in [0.1, 0.15) is 25.5 Å². The number of halogens is 1. The molecule has 0 aliphatic heterocycles. The fourth-order valence-corrected chi connectivity index (χ4v) is 3.00. The Labute approximate surface area is 172 Å². The second kappa shape index (κ2) is 10.5. The molecule has 0 aliphatic carbocycles. The lowest BCUT2D eigenvalue weighted by Crippen LogP contribution is -2.32. The molecule has 0 fully saturated rings. The van der Waals surface area contributed by atoms with E-state index in [9.17, 15) is 4.79 Å². The lowest BCUT2D eigenvalue weighted by molar-refractivity contribution is 0.0568. The number of ether oxygens (including phenoxy) is 1. The third-order valence-corrected chi connectivity index (χ3v) is 4.59. The minimum absolute atomic E-state index is 0. The van der Waals surface area contributed by atoms with Gasteiger partial charge in [0.25, 0.3) is 0 Å². The van der Waals surface area contributed by atoms with Crippen molar-refractivity contribution in [3.63, 3.8) is 0 Å². The highest BCUT2D eigenvalue weighted by Gasteiger charge is 2.20. The SMILES string of the molecule is CCN(CC)C(=O)OC(Cn1ccnc1)c1ccc(-c2ccccc2)cc1.Cl. The van der Waals surface area contributed by atoms with Crippen LogP contribution in [0.25, 0.3) is 11.1 Å². The quantitative estimate of drug-likeness (QED) is 0.549. The van der Waals surface area contributed by atoms with Gasteiger partial charge in [0, 0.05) is 25.5 Å². The van der Waals surface area contributed by atoms with Crippen LogP contribution in [0.5, 0.6) is 0 Å². The van der Waals surface area contributed by atoms with Crippen molar-refractivity contribution < 1.29 is 9.53 Å². The second-order valence-corrected chi connectivity index (χ2v) is 6.29. The highest BCUT2D eigenvalue weighted by molar-refractivity contribution is 5.85. The lowest BCUT2D eigenvalue weighted by atomic mass is 10.0. The summed E-state index contributed by atoms with van der Waals surface area (Å²) in [7, 11) is 0. The molecule has 0 saturated carbocycles. The molecule has 28 heavy (non-hydrogen) atoms. The molecule has 1 amide bonds. The Morgan fingerprint density at radius 3 is 2.25 bits per heavy atom. The minimum atomic E-state index is -0.378. The highest BCUT2D eigenvalue weighted by Crippen LogP contribution is 2.25. The van der Waals surface area contributed by atoms with Crippen LogP contribution < -0.4 is 0 Å². The monoisotopic (exact) mass is 399 g/mol. The summed E-state index contributed by atoms with van der Waals surface area (Å²) in [6, 6.07) is 18.4. The molecule has 148 valence electrons. The van der Waals surface area contributed by atoms with Gasteiger partial charge in [0.1, 0.15) is 6.10 Å². The van der Waals surface area contributed by atoms with Crippen LogP contribution in [0.2, 0.25) is 0 Å². The van der Waals surface area contributed by atoms with Crippen LogP contribution in [0, 0.1) is 0 Å². The first-order valence-corrected chi connectivity index (χ1v) is 9.28. The maximum absolute atomic E-state index is 12.5. The van der Waals surface area contributed by atoms with E-state index in [1.807, 2.05) is 54.9 Å². The molecule has 0 saturated heterocycles. The Kier molecular flexibility index (Phi) is 8.08. The molecule has 5 nitrogen and oxygen atoms in total. The van der Waals surface area contributed by atoms with Gasteiger partial charge in [-0.3, -0.25) is 0 Å². The van der Waals surface area contributed by atoms with Gasteiger partial charge in [0.2, 0.25) is 0 Å². The average molecular weight is 400 g/mol. The average Bonchev–Trinajstić information content (AvgIpc) is 3.22. The third-order valence-electron chi connectivity index (χ3n) is 4.59. The van der Waals surface area contributed by atoms with Gasteiger partial charge in [0.05, 0.1) is 12.9 Å². The van der Waals surface area contributed by atoms with E-state index in [0.29, 0.717) is 19.6 Å². The van der Waals surface area contributed by atoms with Crippen molar-refractivity contribution >= 4 is 18.5 Å². The number of amides is 1. The molecule has 1 atom stereocenters. The molecule has 0 N–H and O–H groups in total. The van der Waals surface area contributed by atoms with E-state index in [4.69, 9.17) is 4.74 Å². The summed E-state index contributed by atoms with van der Waals surface area (Å²) < 4.78 is 7.76. The maximum atomic E-state index is 12.5. The first-order chi connectivity index (χ1) is 13.2. The highest BCUT2D eigenvalue weighted by atomic mass is 35.5.